The highest BCUT2D eigenvalue weighted by atomic mass is 16.4. The van der Waals surface area contributed by atoms with Gasteiger partial charge in [0.25, 0.3) is 0 Å². The summed E-state index contributed by atoms with van der Waals surface area (Å²) in [6.45, 7) is 3.91. The minimum atomic E-state index is -0.917. The maximum atomic E-state index is 12.9. The third-order valence-electron chi connectivity index (χ3n) is 5.70. The number of rotatable bonds is 5. The molecule has 1 aromatic carbocycles. The molecule has 0 aromatic heterocycles. The predicted molar refractivity (Wildman–Crippen MR) is 96.3 cm³/mol. The summed E-state index contributed by atoms with van der Waals surface area (Å²) in [7, 11) is 0. The molecule has 140 valence electrons. The van der Waals surface area contributed by atoms with Gasteiger partial charge in [-0.25, -0.2) is 4.79 Å². The summed E-state index contributed by atoms with van der Waals surface area (Å²) in [5, 5.41) is 12.5. The summed E-state index contributed by atoms with van der Waals surface area (Å²) in [6, 6.07) is 6.50. The third-order valence-corrected chi connectivity index (χ3v) is 5.70. The standard InChI is InChI=1S/C20H26N2O4/c1-12-6-8-14(9-7-12)17(21-13(2)23)10-18(24)22-11-15-4-3-5-16(15)19(22)20(25)26/h6-9,15-17,19H,3-5,10-11H2,1-2H3,(H,21,23)(H,25,26). The molecule has 6 heteroatoms. The molecule has 1 aliphatic carbocycles. The van der Waals surface area contributed by atoms with Crippen LogP contribution in [0.2, 0.25) is 0 Å². The van der Waals surface area contributed by atoms with Gasteiger partial charge in [0.05, 0.1) is 12.5 Å². The average molecular weight is 358 g/mol. The van der Waals surface area contributed by atoms with Crippen molar-refractivity contribution in [1.29, 1.82) is 0 Å². The molecule has 1 saturated heterocycles. The lowest BCUT2D eigenvalue weighted by Crippen LogP contribution is -2.44. The largest absolute Gasteiger partial charge is 0.480 e. The Kier molecular flexibility index (Phi) is 5.30. The van der Waals surface area contributed by atoms with Crippen molar-refractivity contribution in [3.63, 3.8) is 0 Å². The van der Waals surface area contributed by atoms with E-state index in [0.717, 1.165) is 30.4 Å². The number of nitrogens with zero attached hydrogens (tertiary/aromatic N) is 1. The molecular weight excluding hydrogens is 332 g/mol. The highest BCUT2D eigenvalue weighted by molar-refractivity contribution is 5.85. The number of aliphatic carboxylic acids is 1. The molecule has 2 fully saturated rings. The first-order valence-electron chi connectivity index (χ1n) is 9.22. The molecule has 2 amide bonds. The molecule has 0 radical (unpaired) electrons. The van der Waals surface area contributed by atoms with Crippen LogP contribution in [0.1, 0.15) is 49.8 Å². The second kappa shape index (κ2) is 7.48. The normalized spacial score (nSPS) is 25.6. The molecule has 2 N–H and O–H groups in total. The van der Waals surface area contributed by atoms with Gasteiger partial charge in [-0.2, -0.15) is 0 Å². The van der Waals surface area contributed by atoms with Gasteiger partial charge in [-0.3, -0.25) is 9.59 Å². The number of fused-ring (bicyclic) bond motifs is 1. The Morgan fingerprint density at radius 1 is 1.23 bits per heavy atom. The van der Waals surface area contributed by atoms with Crippen molar-refractivity contribution in [2.45, 2.75) is 51.6 Å². The molecule has 1 saturated carbocycles. The highest BCUT2D eigenvalue weighted by Crippen LogP contribution is 2.42. The summed E-state index contributed by atoms with van der Waals surface area (Å²) in [4.78, 5) is 37.8. The van der Waals surface area contributed by atoms with Crippen molar-refractivity contribution in [3.05, 3.63) is 35.4 Å². The zero-order chi connectivity index (χ0) is 18.8. The molecule has 2 aliphatic rings. The predicted octanol–water partition coefficient (Wildman–Crippen LogP) is 2.27. The van der Waals surface area contributed by atoms with E-state index < -0.39 is 18.1 Å². The van der Waals surface area contributed by atoms with Gasteiger partial charge < -0.3 is 15.3 Å². The quantitative estimate of drug-likeness (QED) is 0.845. The first-order chi connectivity index (χ1) is 12.4. The average Bonchev–Trinajstić information content (AvgIpc) is 3.14. The Morgan fingerprint density at radius 3 is 2.54 bits per heavy atom. The molecule has 1 aliphatic heterocycles. The molecule has 4 atom stereocenters. The van der Waals surface area contributed by atoms with Crippen LogP contribution in [0.4, 0.5) is 0 Å². The fraction of sp³-hybridized carbons (Fsp3) is 0.550. The molecule has 6 nitrogen and oxygen atoms in total. The van der Waals surface area contributed by atoms with Crippen LogP contribution in [0, 0.1) is 18.8 Å². The van der Waals surface area contributed by atoms with Crippen LogP contribution in [0.25, 0.3) is 0 Å². The van der Waals surface area contributed by atoms with Crippen LogP contribution in [0.15, 0.2) is 24.3 Å². The van der Waals surface area contributed by atoms with E-state index in [0.29, 0.717) is 12.5 Å². The number of carboxylic acid groups (broad SMARTS) is 1. The summed E-state index contributed by atoms with van der Waals surface area (Å²) < 4.78 is 0. The maximum absolute atomic E-state index is 12.9. The minimum Gasteiger partial charge on any atom is -0.480 e. The lowest BCUT2D eigenvalue weighted by atomic mass is 9.94. The van der Waals surface area contributed by atoms with E-state index >= 15 is 0 Å². The Hall–Kier alpha value is -2.37. The molecule has 1 heterocycles. The minimum absolute atomic E-state index is 0.0649. The number of carboxylic acids is 1. The topological polar surface area (TPSA) is 86.7 Å². The van der Waals surface area contributed by atoms with Crippen LogP contribution in [0.5, 0.6) is 0 Å². The van der Waals surface area contributed by atoms with Crippen LogP contribution in [-0.2, 0) is 14.4 Å². The number of benzene rings is 1. The molecule has 0 bridgehead atoms. The van der Waals surface area contributed by atoms with E-state index in [1.54, 1.807) is 0 Å². The van der Waals surface area contributed by atoms with Crippen LogP contribution >= 0.6 is 0 Å². The second-order valence-corrected chi connectivity index (χ2v) is 7.55. The van der Waals surface area contributed by atoms with E-state index in [2.05, 4.69) is 5.32 Å². The van der Waals surface area contributed by atoms with Gasteiger partial charge >= 0.3 is 5.97 Å². The van der Waals surface area contributed by atoms with Gasteiger partial charge in [0.1, 0.15) is 6.04 Å². The number of carbonyl (C=O) groups excluding carboxylic acids is 2. The number of aryl methyl sites for hydroxylation is 1. The van der Waals surface area contributed by atoms with Crippen molar-refractivity contribution in [2.75, 3.05) is 6.54 Å². The smallest absolute Gasteiger partial charge is 0.326 e. The van der Waals surface area contributed by atoms with Gasteiger partial charge in [0, 0.05) is 13.5 Å². The Labute approximate surface area is 153 Å². The van der Waals surface area contributed by atoms with Crippen LogP contribution in [0.3, 0.4) is 0 Å². The van der Waals surface area contributed by atoms with Gasteiger partial charge in [0.15, 0.2) is 0 Å². The third kappa shape index (κ3) is 3.74. The molecule has 0 spiro atoms. The van der Waals surface area contributed by atoms with E-state index in [4.69, 9.17) is 0 Å². The number of hydrogen-bond donors (Lipinski definition) is 2. The Bertz CT molecular complexity index is 700. The fourth-order valence-electron chi connectivity index (χ4n) is 4.47. The molecule has 1 aromatic rings. The first kappa shape index (κ1) is 18.4. The molecule has 4 unspecified atom stereocenters. The van der Waals surface area contributed by atoms with Crippen molar-refractivity contribution in [3.8, 4) is 0 Å². The van der Waals surface area contributed by atoms with Crippen molar-refractivity contribution in [1.82, 2.24) is 10.2 Å². The van der Waals surface area contributed by atoms with Gasteiger partial charge in [0.2, 0.25) is 11.8 Å². The summed E-state index contributed by atoms with van der Waals surface area (Å²) >= 11 is 0. The Morgan fingerprint density at radius 2 is 1.92 bits per heavy atom. The lowest BCUT2D eigenvalue weighted by Gasteiger charge is -2.27. The number of amides is 2. The molecule has 26 heavy (non-hydrogen) atoms. The molecular formula is C20H26N2O4. The molecule has 3 rings (SSSR count). The van der Waals surface area contributed by atoms with Gasteiger partial charge in [-0.15, -0.1) is 0 Å². The number of hydrogen-bond acceptors (Lipinski definition) is 3. The zero-order valence-corrected chi connectivity index (χ0v) is 15.3. The SMILES string of the molecule is CC(=O)NC(CC(=O)N1CC2CCCC2C1C(=O)O)c1ccc(C)cc1. The summed E-state index contributed by atoms with van der Waals surface area (Å²) in [6.07, 6.45) is 2.98. The second-order valence-electron chi connectivity index (χ2n) is 7.55. The first-order valence-corrected chi connectivity index (χ1v) is 9.22. The van der Waals surface area contributed by atoms with E-state index in [9.17, 15) is 19.5 Å². The zero-order valence-electron chi connectivity index (χ0n) is 15.3. The van der Waals surface area contributed by atoms with Crippen LogP contribution in [-0.4, -0.2) is 40.4 Å². The van der Waals surface area contributed by atoms with Crippen molar-refractivity contribution >= 4 is 17.8 Å². The fourth-order valence-corrected chi connectivity index (χ4v) is 4.47. The number of nitrogens with one attached hydrogen (secondary N) is 1. The summed E-state index contributed by atoms with van der Waals surface area (Å²) in [5.74, 6) is -0.976. The lowest BCUT2D eigenvalue weighted by molar-refractivity contribution is -0.150. The Balaban J connectivity index is 1.77. The maximum Gasteiger partial charge on any atom is 0.326 e. The van der Waals surface area contributed by atoms with Crippen molar-refractivity contribution < 1.29 is 19.5 Å². The van der Waals surface area contributed by atoms with Gasteiger partial charge in [-0.05, 0) is 37.2 Å². The summed E-state index contributed by atoms with van der Waals surface area (Å²) in [5.41, 5.74) is 1.95. The number of carbonyl (C=O) groups is 3. The van der Waals surface area contributed by atoms with Gasteiger partial charge in [-0.1, -0.05) is 36.2 Å². The van der Waals surface area contributed by atoms with Crippen molar-refractivity contribution in [2.24, 2.45) is 11.8 Å². The van der Waals surface area contributed by atoms with E-state index in [1.807, 2.05) is 31.2 Å². The monoisotopic (exact) mass is 358 g/mol. The van der Waals surface area contributed by atoms with Crippen LogP contribution < -0.4 is 5.32 Å². The van der Waals surface area contributed by atoms with E-state index in [-0.39, 0.29) is 24.2 Å². The van der Waals surface area contributed by atoms with E-state index in [1.165, 1.54) is 11.8 Å². The highest BCUT2D eigenvalue weighted by Gasteiger charge is 2.49. The number of likely N-dealkylation sites (tertiary alicyclic amines) is 1.